The van der Waals surface area contributed by atoms with Crippen LogP contribution in [0.4, 0.5) is 4.39 Å². The molecular formula is C9H12FNO2. The molecule has 0 aliphatic carbocycles. The monoisotopic (exact) mass is 185 g/mol. The Morgan fingerprint density at radius 2 is 2.23 bits per heavy atom. The van der Waals surface area contributed by atoms with Crippen LogP contribution in [0.25, 0.3) is 0 Å². The van der Waals surface area contributed by atoms with E-state index in [1.165, 1.54) is 19.2 Å². The average molecular weight is 185 g/mol. The smallest absolute Gasteiger partial charge is 0.255 e. The molecule has 4 heteroatoms. The summed E-state index contributed by atoms with van der Waals surface area (Å²) in [7, 11) is 1.51. The van der Waals surface area contributed by atoms with Crippen molar-refractivity contribution in [3.63, 3.8) is 0 Å². The Balaban J connectivity index is 3.03. The number of nitrogens with zero attached hydrogens (tertiary/aromatic N) is 1. The van der Waals surface area contributed by atoms with E-state index < -0.39 is 5.95 Å². The molecule has 1 rings (SSSR count). The van der Waals surface area contributed by atoms with Crippen LogP contribution < -0.4 is 5.56 Å². The molecule has 0 saturated heterocycles. The molecule has 0 aliphatic heterocycles. The Bertz CT molecular complexity index is 346. The lowest BCUT2D eigenvalue weighted by Gasteiger charge is -2.06. The maximum absolute atomic E-state index is 13.1. The molecule has 1 heterocycles. The average Bonchev–Trinajstić information content (AvgIpc) is 2.12. The third-order valence-corrected chi connectivity index (χ3v) is 1.83. The van der Waals surface area contributed by atoms with E-state index in [2.05, 4.69) is 0 Å². The van der Waals surface area contributed by atoms with Gasteiger partial charge in [0, 0.05) is 12.7 Å². The Morgan fingerprint density at radius 3 is 2.85 bits per heavy atom. The summed E-state index contributed by atoms with van der Waals surface area (Å²) in [5, 5.41) is 0. The van der Waals surface area contributed by atoms with Crippen LogP contribution in [-0.2, 0) is 11.3 Å². The van der Waals surface area contributed by atoms with E-state index in [0.29, 0.717) is 12.2 Å². The van der Waals surface area contributed by atoms with Crippen molar-refractivity contribution in [1.82, 2.24) is 4.57 Å². The summed E-state index contributed by atoms with van der Waals surface area (Å²) in [4.78, 5) is 11.4. The molecule has 1 aromatic heterocycles. The second kappa shape index (κ2) is 4.18. The first-order valence-electron chi connectivity index (χ1n) is 4.01. The summed E-state index contributed by atoms with van der Waals surface area (Å²) in [5.41, 5.74) is 0.245. The van der Waals surface area contributed by atoms with Crippen molar-refractivity contribution in [2.45, 2.75) is 13.5 Å². The van der Waals surface area contributed by atoms with Crippen LogP contribution in [-0.4, -0.2) is 18.3 Å². The van der Waals surface area contributed by atoms with Crippen molar-refractivity contribution in [1.29, 1.82) is 0 Å². The summed E-state index contributed by atoms with van der Waals surface area (Å²) in [5.74, 6) is -0.521. The maximum Gasteiger partial charge on any atom is 0.255 e. The van der Waals surface area contributed by atoms with Crippen molar-refractivity contribution in [2.24, 2.45) is 0 Å². The molecule has 0 spiro atoms. The molecule has 0 amide bonds. The first-order valence-corrected chi connectivity index (χ1v) is 4.01. The first-order chi connectivity index (χ1) is 6.16. The van der Waals surface area contributed by atoms with Crippen molar-refractivity contribution >= 4 is 0 Å². The molecule has 0 fully saturated rings. The molecule has 0 aromatic carbocycles. The summed E-state index contributed by atoms with van der Waals surface area (Å²) in [6.07, 6.45) is 0. The molecule has 0 atom stereocenters. The number of hydrogen-bond acceptors (Lipinski definition) is 2. The van der Waals surface area contributed by atoms with E-state index in [-0.39, 0.29) is 12.1 Å². The van der Waals surface area contributed by atoms with Gasteiger partial charge in [-0.2, -0.15) is 4.39 Å². The van der Waals surface area contributed by atoms with Gasteiger partial charge in [-0.3, -0.25) is 9.36 Å². The van der Waals surface area contributed by atoms with E-state index in [1.807, 2.05) is 0 Å². The number of hydrogen-bond donors (Lipinski definition) is 0. The van der Waals surface area contributed by atoms with Crippen molar-refractivity contribution in [3.8, 4) is 0 Å². The highest BCUT2D eigenvalue weighted by molar-refractivity contribution is 5.08. The zero-order valence-corrected chi connectivity index (χ0v) is 7.71. The number of ether oxygens (including phenoxy) is 1. The topological polar surface area (TPSA) is 31.2 Å². The Hall–Kier alpha value is -1.16. The summed E-state index contributed by atoms with van der Waals surface area (Å²) in [6, 6.07) is 2.76. The van der Waals surface area contributed by atoms with Crippen LogP contribution >= 0.6 is 0 Å². The van der Waals surface area contributed by atoms with Crippen LogP contribution in [0.3, 0.4) is 0 Å². The molecule has 0 saturated carbocycles. The largest absolute Gasteiger partial charge is 0.383 e. The molecule has 0 N–H and O–H groups in total. The first kappa shape index (κ1) is 9.92. The van der Waals surface area contributed by atoms with Gasteiger partial charge in [0.2, 0.25) is 0 Å². The maximum atomic E-state index is 13.1. The van der Waals surface area contributed by atoms with Gasteiger partial charge in [-0.25, -0.2) is 0 Å². The fourth-order valence-corrected chi connectivity index (χ4v) is 1.06. The summed E-state index contributed by atoms with van der Waals surface area (Å²) in [6.45, 7) is 2.24. The highest BCUT2D eigenvalue weighted by Crippen LogP contribution is 1.96. The number of rotatable bonds is 3. The third kappa shape index (κ3) is 2.15. The van der Waals surface area contributed by atoms with Gasteiger partial charge in [0.25, 0.3) is 5.56 Å². The predicted octanol–water partition coefficient (Wildman–Crippen LogP) is 0.942. The molecule has 72 valence electrons. The SMILES string of the molecule is COCCn1c(F)ccc(C)c1=O. The van der Waals surface area contributed by atoms with E-state index in [1.54, 1.807) is 6.92 Å². The van der Waals surface area contributed by atoms with Gasteiger partial charge in [-0.1, -0.05) is 0 Å². The van der Waals surface area contributed by atoms with Gasteiger partial charge in [0.1, 0.15) is 0 Å². The van der Waals surface area contributed by atoms with Gasteiger partial charge in [-0.05, 0) is 19.1 Å². The van der Waals surface area contributed by atoms with Crippen LogP contribution in [0.15, 0.2) is 16.9 Å². The zero-order valence-electron chi connectivity index (χ0n) is 7.71. The molecule has 0 unspecified atom stereocenters. The number of halogens is 1. The summed E-state index contributed by atoms with van der Waals surface area (Å²) < 4.78 is 18.9. The molecular weight excluding hydrogens is 173 g/mol. The van der Waals surface area contributed by atoms with Crippen LogP contribution in [0, 0.1) is 12.9 Å². The normalized spacial score (nSPS) is 10.4. The van der Waals surface area contributed by atoms with Crippen molar-refractivity contribution in [2.75, 3.05) is 13.7 Å². The van der Waals surface area contributed by atoms with Crippen LogP contribution in [0.1, 0.15) is 5.56 Å². The van der Waals surface area contributed by atoms with E-state index in [9.17, 15) is 9.18 Å². The van der Waals surface area contributed by atoms with E-state index in [0.717, 1.165) is 4.57 Å². The molecule has 1 aromatic rings. The zero-order chi connectivity index (χ0) is 9.84. The van der Waals surface area contributed by atoms with Crippen molar-refractivity contribution in [3.05, 3.63) is 34.0 Å². The molecule has 0 radical (unpaired) electrons. The lowest BCUT2D eigenvalue weighted by Crippen LogP contribution is -2.26. The number of aryl methyl sites for hydroxylation is 1. The van der Waals surface area contributed by atoms with Gasteiger partial charge < -0.3 is 4.74 Å². The highest BCUT2D eigenvalue weighted by Gasteiger charge is 2.04. The number of aromatic nitrogens is 1. The van der Waals surface area contributed by atoms with Gasteiger partial charge in [0.05, 0.1) is 13.2 Å². The molecule has 0 aliphatic rings. The number of pyridine rings is 1. The van der Waals surface area contributed by atoms with Crippen LogP contribution in [0.5, 0.6) is 0 Å². The second-order valence-corrected chi connectivity index (χ2v) is 2.79. The lowest BCUT2D eigenvalue weighted by molar-refractivity contribution is 0.181. The minimum Gasteiger partial charge on any atom is -0.383 e. The highest BCUT2D eigenvalue weighted by atomic mass is 19.1. The van der Waals surface area contributed by atoms with E-state index >= 15 is 0 Å². The Morgan fingerprint density at radius 1 is 1.54 bits per heavy atom. The van der Waals surface area contributed by atoms with Gasteiger partial charge in [-0.15, -0.1) is 0 Å². The quantitative estimate of drug-likeness (QED) is 0.656. The Kier molecular flexibility index (Phi) is 3.19. The van der Waals surface area contributed by atoms with Crippen LogP contribution in [0.2, 0.25) is 0 Å². The fraction of sp³-hybridized carbons (Fsp3) is 0.444. The summed E-state index contributed by atoms with van der Waals surface area (Å²) >= 11 is 0. The standard InChI is InChI=1S/C9H12FNO2/c1-7-3-4-8(10)11(9(7)12)5-6-13-2/h3-4H,5-6H2,1-2H3. The molecule has 3 nitrogen and oxygen atoms in total. The van der Waals surface area contributed by atoms with Crippen molar-refractivity contribution < 1.29 is 9.13 Å². The fourth-order valence-electron chi connectivity index (χ4n) is 1.06. The molecule has 13 heavy (non-hydrogen) atoms. The minimum absolute atomic E-state index is 0.253. The van der Waals surface area contributed by atoms with E-state index in [4.69, 9.17) is 4.74 Å². The Labute approximate surface area is 75.8 Å². The van der Waals surface area contributed by atoms with Gasteiger partial charge in [0.15, 0.2) is 5.95 Å². The molecule has 0 bridgehead atoms. The third-order valence-electron chi connectivity index (χ3n) is 1.83. The number of methoxy groups -OCH3 is 1. The minimum atomic E-state index is -0.521. The second-order valence-electron chi connectivity index (χ2n) is 2.79. The lowest BCUT2D eigenvalue weighted by atomic mass is 10.3. The van der Waals surface area contributed by atoms with Gasteiger partial charge >= 0.3 is 0 Å². The predicted molar refractivity (Wildman–Crippen MR) is 47.3 cm³/mol.